The molecule has 0 aliphatic heterocycles. The normalized spacial score (nSPS) is 12.0. The van der Waals surface area contributed by atoms with Gasteiger partial charge in [-0.05, 0) is 26.2 Å². The molecule has 0 atom stereocenters. The molecule has 0 aromatic heterocycles. The maximum atomic E-state index is 13.5. The number of rotatable bonds is 8. The van der Waals surface area contributed by atoms with Crippen molar-refractivity contribution in [2.24, 2.45) is 0 Å². The summed E-state index contributed by atoms with van der Waals surface area (Å²) < 4.78 is 64.0. The summed E-state index contributed by atoms with van der Waals surface area (Å²) in [5, 5.41) is 2.29. The molecule has 1 aromatic carbocycles. The Kier molecular flexibility index (Phi) is 7.18. The van der Waals surface area contributed by atoms with Crippen molar-refractivity contribution in [1.82, 2.24) is 14.5 Å². The Bertz CT molecular complexity index is 696. The third kappa shape index (κ3) is 5.77. The molecule has 24 heavy (non-hydrogen) atoms. The Balaban J connectivity index is 2.67. The van der Waals surface area contributed by atoms with Crippen LogP contribution in [-0.4, -0.2) is 70.1 Å². The van der Waals surface area contributed by atoms with E-state index in [4.69, 9.17) is 0 Å². The number of nitrogens with zero attached hydrogens (tertiary/aromatic N) is 2. The summed E-state index contributed by atoms with van der Waals surface area (Å²) in [5.41, 5.74) is -0.645. The van der Waals surface area contributed by atoms with Crippen LogP contribution in [0.1, 0.15) is 10.4 Å². The number of carbonyl (C=O) groups is 1. The standard InChI is InChI=1S/C14H20F3N3O3S/c1-19(2)8-9-20(24(3,22)23)7-6-18-14(21)10-4-5-11(15)13(17)12(10)16/h4-5H,6-9H2,1-3H3,(H,18,21). The SMILES string of the molecule is CN(C)CCN(CCNC(=O)c1ccc(F)c(F)c1F)S(C)(=O)=O. The molecule has 0 saturated heterocycles. The predicted molar refractivity (Wildman–Crippen MR) is 83.6 cm³/mol. The quantitative estimate of drug-likeness (QED) is 0.686. The molecular formula is C14H20F3N3O3S. The first kappa shape index (κ1) is 20.4. The summed E-state index contributed by atoms with van der Waals surface area (Å²) in [4.78, 5) is 13.6. The van der Waals surface area contributed by atoms with Gasteiger partial charge in [-0.3, -0.25) is 4.79 Å². The summed E-state index contributed by atoms with van der Waals surface area (Å²) in [6.07, 6.45) is 1.04. The summed E-state index contributed by atoms with van der Waals surface area (Å²) in [6, 6.07) is 1.47. The van der Waals surface area contributed by atoms with E-state index < -0.39 is 38.9 Å². The van der Waals surface area contributed by atoms with Crippen LogP contribution in [0.15, 0.2) is 12.1 Å². The Hall–Kier alpha value is -1.65. The lowest BCUT2D eigenvalue weighted by atomic mass is 10.2. The number of likely N-dealkylation sites (N-methyl/N-ethyl adjacent to an activating group) is 1. The van der Waals surface area contributed by atoms with Gasteiger partial charge in [0.05, 0.1) is 11.8 Å². The van der Waals surface area contributed by atoms with Crippen molar-refractivity contribution in [1.29, 1.82) is 0 Å². The van der Waals surface area contributed by atoms with E-state index in [0.717, 1.165) is 16.6 Å². The van der Waals surface area contributed by atoms with Crippen LogP contribution < -0.4 is 5.32 Å². The summed E-state index contributed by atoms with van der Waals surface area (Å²) in [5.74, 6) is -5.66. The van der Waals surface area contributed by atoms with Gasteiger partial charge in [0.1, 0.15) is 0 Å². The predicted octanol–water partition coefficient (Wildman–Crippen LogP) is 0.657. The van der Waals surface area contributed by atoms with E-state index in [0.29, 0.717) is 12.6 Å². The molecule has 0 fully saturated rings. The van der Waals surface area contributed by atoms with Gasteiger partial charge in [0.2, 0.25) is 10.0 Å². The number of sulfonamides is 1. The molecule has 136 valence electrons. The Morgan fingerprint density at radius 3 is 2.25 bits per heavy atom. The highest BCUT2D eigenvalue weighted by Crippen LogP contribution is 2.14. The molecule has 0 heterocycles. The fraction of sp³-hybridized carbons (Fsp3) is 0.500. The number of hydrogen-bond acceptors (Lipinski definition) is 4. The minimum Gasteiger partial charge on any atom is -0.351 e. The van der Waals surface area contributed by atoms with E-state index >= 15 is 0 Å². The monoisotopic (exact) mass is 367 g/mol. The zero-order valence-electron chi connectivity index (χ0n) is 13.6. The fourth-order valence-electron chi connectivity index (χ4n) is 1.85. The van der Waals surface area contributed by atoms with Gasteiger partial charge in [-0.1, -0.05) is 0 Å². The van der Waals surface area contributed by atoms with Gasteiger partial charge in [0.15, 0.2) is 17.5 Å². The van der Waals surface area contributed by atoms with E-state index in [1.165, 1.54) is 0 Å². The Morgan fingerprint density at radius 2 is 1.71 bits per heavy atom. The molecule has 0 spiro atoms. The molecule has 1 aromatic rings. The minimum absolute atomic E-state index is 0.0241. The van der Waals surface area contributed by atoms with Crippen molar-refractivity contribution < 1.29 is 26.4 Å². The van der Waals surface area contributed by atoms with Crippen LogP contribution in [0, 0.1) is 17.5 Å². The highest BCUT2D eigenvalue weighted by atomic mass is 32.2. The maximum Gasteiger partial charge on any atom is 0.254 e. The zero-order chi connectivity index (χ0) is 18.5. The number of carbonyl (C=O) groups excluding carboxylic acids is 1. The topological polar surface area (TPSA) is 69.7 Å². The van der Waals surface area contributed by atoms with Gasteiger partial charge in [0, 0.05) is 26.2 Å². The van der Waals surface area contributed by atoms with Crippen molar-refractivity contribution in [2.45, 2.75) is 0 Å². The van der Waals surface area contributed by atoms with Crippen LogP contribution in [0.2, 0.25) is 0 Å². The average Bonchev–Trinajstić information content (AvgIpc) is 2.46. The fourth-order valence-corrected chi connectivity index (χ4v) is 2.68. The molecular weight excluding hydrogens is 347 g/mol. The number of hydrogen-bond donors (Lipinski definition) is 1. The van der Waals surface area contributed by atoms with E-state index in [1.807, 2.05) is 0 Å². The van der Waals surface area contributed by atoms with Gasteiger partial charge in [-0.25, -0.2) is 21.6 Å². The van der Waals surface area contributed by atoms with Crippen LogP contribution in [0.3, 0.4) is 0 Å². The van der Waals surface area contributed by atoms with Crippen molar-refractivity contribution in [3.8, 4) is 0 Å². The van der Waals surface area contributed by atoms with E-state index in [2.05, 4.69) is 5.32 Å². The summed E-state index contributed by atoms with van der Waals surface area (Å²) in [7, 11) is 0.0997. The lowest BCUT2D eigenvalue weighted by Gasteiger charge is -2.22. The summed E-state index contributed by atoms with van der Waals surface area (Å²) >= 11 is 0. The molecule has 0 bridgehead atoms. The van der Waals surface area contributed by atoms with E-state index in [-0.39, 0.29) is 19.6 Å². The van der Waals surface area contributed by atoms with Crippen molar-refractivity contribution in [3.63, 3.8) is 0 Å². The lowest BCUT2D eigenvalue weighted by molar-refractivity contribution is 0.0946. The molecule has 0 radical (unpaired) electrons. The molecule has 1 rings (SSSR count). The molecule has 0 aliphatic carbocycles. The van der Waals surface area contributed by atoms with Crippen molar-refractivity contribution in [3.05, 3.63) is 35.1 Å². The largest absolute Gasteiger partial charge is 0.351 e. The van der Waals surface area contributed by atoms with Crippen LogP contribution in [0.4, 0.5) is 13.2 Å². The number of amides is 1. The van der Waals surface area contributed by atoms with Gasteiger partial charge in [0.25, 0.3) is 5.91 Å². The Morgan fingerprint density at radius 1 is 1.08 bits per heavy atom. The van der Waals surface area contributed by atoms with Gasteiger partial charge >= 0.3 is 0 Å². The average molecular weight is 367 g/mol. The Labute approximate surface area is 139 Å². The van der Waals surface area contributed by atoms with Gasteiger partial charge < -0.3 is 10.2 Å². The zero-order valence-corrected chi connectivity index (χ0v) is 14.5. The molecule has 1 amide bonds. The van der Waals surface area contributed by atoms with Crippen LogP contribution in [0.25, 0.3) is 0 Å². The van der Waals surface area contributed by atoms with Crippen molar-refractivity contribution in [2.75, 3.05) is 46.5 Å². The second-order valence-electron chi connectivity index (χ2n) is 5.44. The number of benzene rings is 1. The summed E-state index contributed by atoms with van der Waals surface area (Å²) in [6.45, 7) is 0.585. The molecule has 10 heteroatoms. The maximum absolute atomic E-state index is 13.5. The molecule has 6 nitrogen and oxygen atoms in total. The van der Waals surface area contributed by atoms with E-state index in [9.17, 15) is 26.4 Å². The molecule has 0 aliphatic rings. The van der Waals surface area contributed by atoms with Gasteiger partial charge in [-0.15, -0.1) is 0 Å². The highest BCUT2D eigenvalue weighted by molar-refractivity contribution is 7.88. The van der Waals surface area contributed by atoms with E-state index in [1.54, 1.807) is 19.0 Å². The van der Waals surface area contributed by atoms with Crippen LogP contribution in [0.5, 0.6) is 0 Å². The smallest absolute Gasteiger partial charge is 0.254 e. The van der Waals surface area contributed by atoms with Gasteiger partial charge in [-0.2, -0.15) is 4.31 Å². The molecule has 1 N–H and O–H groups in total. The molecule has 0 unspecified atom stereocenters. The number of nitrogens with one attached hydrogen (secondary N) is 1. The first-order chi connectivity index (χ1) is 11.0. The second-order valence-corrected chi connectivity index (χ2v) is 7.43. The second kappa shape index (κ2) is 8.45. The first-order valence-corrected chi connectivity index (χ1v) is 8.90. The lowest BCUT2D eigenvalue weighted by Crippen LogP contribution is -2.41. The minimum atomic E-state index is -3.47. The third-order valence-electron chi connectivity index (χ3n) is 3.19. The number of halogens is 3. The first-order valence-electron chi connectivity index (χ1n) is 7.05. The van der Waals surface area contributed by atoms with Crippen molar-refractivity contribution >= 4 is 15.9 Å². The van der Waals surface area contributed by atoms with Crippen LogP contribution in [-0.2, 0) is 10.0 Å². The third-order valence-corrected chi connectivity index (χ3v) is 4.50. The highest BCUT2D eigenvalue weighted by Gasteiger charge is 2.20. The molecule has 0 saturated carbocycles. The van der Waals surface area contributed by atoms with Crippen LogP contribution >= 0.6 is 0 Å².